The summed E-state index contributed by atoms with van der Waals surface area (Å²) in [6, 6.07) is 4.65. The van der Waals surface area contributed by atoms with Gasteiger partial charge in [0.25, 0.3) is 0 Å². The van der Waals surface area contributed by atoms with Gasteiger partial charge in [-0.05, 0) is 12.1 Å². The van der Waals surface area contributed by atoms with E-state index in [4.69, 9.17) is 11.6 Å². The van der Waals surface area contributed by atoms with Gasteiger partial charge in [0.05, 0.1) is 6.54 Å². The number of benzene rings is 1. The highest BCUT2D eigenvalue weighted by molar-refractivity contribution is 14.0. The van der Waals surface area contributed by atoms with Crippen LogP contribution in [0.3, 0.4) is 0 Å². The molecule has 0 fully saturated rings. The third kappa shape index (κ3) is 5.03. The zero-order valence-corrected chi connectivity index (χ0v) is 16.2. The molecule has 9 heteroatoms. The van der Waals surface area contributed by atoms with Gasteiger partial charge in [0, 0.05) is 38.3 Å². The van der Waals surface area contributed by atoms with Crippen molar-refractivity contribution in [2.75, 3.05) is 14.1 Å². The maximum atomic E-state index is 13.8. The van der Waals surface area contributed by atoms with Crippen molar-refractivity contribution < 1.29 is 4.39 Å². The molecule has 0 aliphatic heterocycles. The fraction of sp³-hybridized carbons (Fsp3) is 0.357. The van der Waals surface area contributed by atoms with Crippen LogP contribution in [0.1, 0.15) is 11.4 Å². The summed E-state index contributed by atoms with van der Waals surface area (Å²) < 4.78 is 15.7. The molecule has 0 spiro atoms. The van der Waals surface area contributed by atoms with E-state index in [0.717, 1.165) is 5.82 Å². The molecule has 0 saturated heterocycles. The first-order valence-electron chi connectivity index (χ1n) is 6.70. The van der Waals surface area contributed by atoms with Crippen LogP contribution < -0.4 is 5.32 Å². The van der Waals surface area contributed by atoms with E-state index in [2.05, 4.69) is 20.5 Å². The quantitative estimate of drug-likeness (QED) is 0.440. The van der Waals surface area contributed by atoms with Gasteiger partial charge in [-0.2, -0.15) is 0 Å². The van der Waals surface area contributed by atoms with Crippen LogP contribution in [0.4, 0.5) is 4.39 Å². The predicted octanol–water partition coefficient (Wildman–Crippen LogP) is 2.43. The monoisotopic (exact) mass is 452 g/mol. The van der Waals surface area contributed by atoms with Crippen LogP contribution in [0.2, 0.25) is 5.02 Å². The van der Waals surface area contributed by atoms with E-state index in [1.54, 1.807) is 30.4 Å². The van der Waals surface area contributed by atoms with Crippen LogP contribution in [-0.2, 0) is 20.1 Å². The van der Waals surface area contributed by atoms with Gasteiger partial charge < -0.3 is 14.8 Å². The number of hydrogen-bond donors (Lipinski definition) is 1. The maximum Gasteiger partial charge on any atom is 0.194 e. The molecule has 1 aromatic carbocycles. The van der Waals surface area contributed by atoms with Gasteiger partial charge in [-0.15, -0.1) is 34.2 Å². The van der Waals surface area contributed by atoms with Crippen molar-refractivity contribution in [3.05, 3.63) is 46.8 Å². The Bertz CT molecular complexity index is 655. The molecule has 6 nitrogen and oxygen atoms in total. The Morgan fingerprint density at radius 3 is 2.78 bits per heavy atom. The third-order valence-electron chi connectivity index (χ3n) is 3.24. The average molecular weight is 453 g/mol. The molecule has 0 atom stereocenters. The highest BCUT2D eigenvalue weighted by Gasteiger charge is 2.13. The lowest BCUT2D eigenvalue weighted by Crippen LogP contribution is -2.38. The summed E-state index contributed by atoms with van der Waals surface area (Å²) in [4.78, 5) is 5.97. The second kappa shape index (κ2) is 9.02. The van der Waals surface area contributed by atoms with Crippen LogP contribution >= 0.6 is 35.6 Å². The minimum absolute atomic E-state index is 0. The maximum absolute atomic E-state index is 13.8. The summed E-state index contributed by atoms with van der Waals surface area (Å²) in [5.41, 5.74) is 0.438. The lowest BCUT2D eigenvalue weighted by atomic mass is 10.2. The van der Waals surface area contributed by atoms with E-state index >= 15 is 0 Å². The Labute approximate surface area is 156 Å². The van der Waals surface area contributed by atoms with Crippen molar-refractivity contribution in [2.24, 2.45) is 12.0 Å². The highest BCUT2D eigenvalue weighted by atomic mass is 127. The largest absolute Gasteiger partial charge is 0.349 e. The molecule has 0 unspecified atom stereocenters. The van der Waals surface area contributed by atoms with E-state index in [1.807, 2.05) is 18.7 Å². The van der Waals surface area contributed by atoms with Gasteiger partial charge in [0.15, 0.2) is 11.8 Å². The highest BCUT2D eigenvalue weighted by Crippen LogP contribution is 2.20. The molecular weight excluding hydrogens is 434 g/mol. The molecule has 126 valence electrons. The Hall–Kier alpha value is -1.42. The number of rotatable bonds is 4. The Kier molecular flexibility index (Phi) is 7.69. The molecule has 23 heavy (non-hydrogen) atoms. The van der Waals surface area contributed by atoms with Gasteiger partial charge in [-0.25, -0.2) is 4.39 Å². The summed E-state index contributed by atoms with van der Waals surface area (Å²) in [7, 11) is 5.34. The van der Waals surface area contributed by atoms with E-state index in [9.17, 15) is 4.39 Å². The molecule has 1 aromatic heterocycles. The number of guanidine groups is 1. The first-order valence-corrected chi connectivity index (χ1v) is 7.08. The molecule has 0 aliphatic rings. The number of aryl methyl sites for hydroxylation is 1. The van der Waals surface area contributed by atoms with Crippen LogP contribution in [-0.4, -0.2) is 39.7 Å². The molecular formula is C14H19ClFIN6. The lowest BCUT2D eigenvalue weighted by molar-refractivity contribution is 0.459. The summed E-state index contributed by atoms with van der Waals surface area (Å²) >= 11 is 6.05. The fourth-order valence-electron chi connectivity index (χ4n) is 2.01. The third-order valence-corrected chi connectivity index (χ3v) is 3.59. The number of hydrogen-bond acceptors (Lipinski definition) is 3. The normalized spacial score (nSPS) is 11.1. The molecule has 1 heterocycles. The van der Waals surface area contributed by atoms with Crippen molar-refractivity contribution in [2.45, 2.75) is 13.1 Å². The van der Waals surface area contributed by atoms with Crippen LogP contribution in [0, 0.1) is 5.82 Å². The van der Waals surface area contributed by atoms with Gasteiger partial charge >= 0.3 is 0 Å². The van der Waals surface area contributed by atoms with Crippen LogP contribution in [0.5, 0.6) is 0 Å². The predicted molar refractivity (Wildman–Crippen MR) is 99.5 cm³/mol. The number of aliphatic imine (C=N–C) groups is 1. The van der Waals surface area contributed by atoms with Gasteiger partial charge in [-0.1, -0.05) is 17.7 Å². The first kappa shape index (κ1) is 19.6. The molecule has 0 aliphatic carbocycles. The SMILES string of the molecule is CN=C(NCc1nncn1C)N(C)Cc1c(F)cccc1Cl.I. The zero-order valence-electron chi connectivity index (χ0n) is 13.1. The van der Waals surface area contributed by atoms with Gasteiger partial charge in [0.1, 0.15) is 12.1 Å². The van der Waals surface area contributed by atoms with Crippen molar-refractivity contribution in [1.82, 2.24) is 25.0 Å². The molecule has 0 amide bonds. The van der Waals surface area contributed by atoms with E-state index < -0.39 is 0 Å². The van der Waals surface area contributed by atoms with Gasteiger partial charge in [-0.3, -0.25) is 4.99 Å². The molecule has 0 radical (unpaired) electrons. The summed E-state index contributed by atoms with van der Waals surface area (Å²) in [6.45, 7) is 0.780. The number of nitrogens with zero attached hydrogens (tertiary/aromatic N) is 5. The van der Waals surface area contributed by atoms with Crippen LogP contribution in [0.25, 0.3) is 0 Å². The zero-order chi connectivity index (χ0) is 16.1. The van der Waals surface area contributed by atoms with Crippen LogP contribution in [0.15, 0.2) is 29.5 Å². The number of halogens is 3. The Morgan fingerprint density at radius 2 is 2.22 bits per heavy atom. The summed E-state index contributed by atoms with van der Waals surface area (Å²) in [5, 5.41) is 11.4. The average Bonchev–Trinajstić information content (AvgIpc) is 2.89. The topological polar surface area (TPSA) is 58.3 Å². The summed E-state index contributed by atoms with van der Waals surface area (Å²) in [6.07, 6.45) is 1.63. The van der Waals surface area contributed by atoms with E-state index in [-0.39, 0.29) is 29.8 Å². The molecule has 0 bridgehead atoms. The molecule has 1 N–H and O–H groups in total. The standard InChI is InChI=1S/C14H18ClFN6.HI/c1-17-14(18-7-13-20-19-9-22(13)3)21(2)8-10-11(15)5-4-6-12(10)16;/h4-6,9H,7-8H2,1-3H3,(H,17,18);1H. The second-order valence-corrected chi connectivity index (χ2v) is 5.22. The number of nitrogens with one attached hydrogen (secondary N) is 1. The minimum atomic E-state index is -0.330. The van der Waals surface area contributed by atoms with Crippen molar-refractivity contribution in [3.63, 3.8) is 0 Å². The second-order valence-electron chi connectivity index (χ2n) is 4.82. The minimum Gasteiger partial charge on any atom is -0.349 e. The molecule has 0 saturated carbocycles. The summed E-state index contributed by atoms with van der Waals surface area (Å²) in [5.74, 6) is 1.06. The van der Waals surface area contributed by atoms with Crippen molar-refractivity contribution >= 4 is 41.5 Å². The Balaban J connectivity index is 0.00000264. The van der Waals surface area contributed by atoms with E-state index in [1.165, 1.54) is 6.07 Å². The fourth-order valence-corrected chi connectivity index (χ4v) is 2.23. The van der Waals surface area contributed by atoms with E-state index in [0.29, 0.717) is 29.6 Å². The smallest absolute Gasteiger partial charge is 0.194 e. The first-order chi connectivity index (χ1) is 10.5. The molecule has 2 aromatic rings. The lowest BCUT2D eigenvalue weighted by Gasteiger charge is -2.22. The van der Waals surface area contributed by atoms with Gasteiger partial charge in [0.2, 0.25) is 0 Å². The Morgan fingerprint density at radius 1 is 1.48 bits per heavy atom. The van der Waals surface area contributed by atoms with Crippen molar-refractivity contribution in [1.29, 1.82) is 0 Å². The number of aromatic nitrogens is 3. The molecule has 2 rings (SSSR count). The van der Waals surface area contributed by atoms with Crippen molar-refractivity contribution in [3.8, 4) is 0 Å².